The van der Waals surface area contributed by atoms with Gasteiger partial charge in [-0.25, -0.2) is 13.4 Å². The minimum absolute atomic E-state index is 0.573. The van der Waals surface area contributed by atoms with E-state index in [-0.39, 0.29) is 0 Å². The van der Waals surface area contributed by atoms with Crippen LogP contribution in [0.15, 0.2) is 30.3 Å². The van der Waals surface area contributed by atoms with Gasteiger partial charge in [-0.1, -0.05) is 97.3 Å². The molecule has 0 N–H and O–H groups in total. The molecule has 1 aliphatic rings. The van der Waals surface area contributed by atoms with E-state index in [2.05, 4.69) is 24.5 Å². The molecule has 0 spiro atoms. The van der Waals surface area contributed by atoms with E-state index >= 15 is 0 Å². The summed E-state index contributed by atoms with van der Waals surface area (Å²) in [6.07, 6.45) is 20.8. The summed E-state index contributed by atoms with van der Waals surface area (Å²) in [6, 6.07) is 8.48. The van der Waals surface area contributed by atoms with Crippen molar-refractivity contribution in [2.24, 2.45) is 0 Å². The van der Waals surface area contributed by atoms with Crippen LogP contribution in [0.3, 0.4) is 0 Å². The van der Waals surface area contributed by atoms with E-state index in [4.69, 9.17) is 9.47 Å². The maximum absolute atomic E-state index is 14.0. The van der Waals surface area contributed by atoms with Crippen LogP contribution in [0, 0.1) is 11.6 Å². The predicted molar refractivity (Wildman–Crippen MR) is 167 cm³/mol. The van der Waals surface area contributed by atoms with E-state index < -0.39 is 11.6 Å². The third kappa shape index (κ3) is 10.7. The van der Waals surface area contributed by atoms with Gasteiger partial charge < -0.3 is 9.47 Å². The Morgan fingerprint density at radius 3 is 2.00 bits per heavy atom. The molecule has 2 aromatic carbocycles. The number of fused-ring (bicyclic) bond motifs is 1. The molecule has 1 heterocycles. The third-order valence-corrected chi connectivity index (χ3v) is 8.39. The summed E-state index contributed by atoms with van der Waals surface area (Å²) in [7, 11) is 1.71. The van der Waals surface area contributed by atoms with Gasteiger partial charge in [0, 0.05) is 29.5 Å². The third-order valence-electron chi connectivity index (χ3n) is 8.39. The molecule has 0 fully saturated rings. The first-order valence-corrected chi connectivity index (χ1v) is 16.5. The summed E-state index contributed by atoms with van der Waals surface area (Å²) in [5, 5.41) is 0. The first-order chi connectivity index (χ1) is 20.1. The molecule has 0 aliphatic carbocycles. The zero-order valence-corrected chi connectivity index (χ0v) is 26.0. The summed E-state index contributed by atoms with van der Waals surface area (Å²) in [6.45, 7) is 6.60. The van der Waals surface area contributed by atoms with E-state index in [0.717, 1.165) is 49.3 Å². The van der Waals surface area contributed by atoms with Crippen molar-refractivity contribution in [2.45, 2.75) is 130 Å². The Labute approximate surface area is 248 Å². The Morgan fingerprint density at radius 2 is 1.37 bits per heavy atom. The van der Waals surface area contributed by atoms with E-state index in [1.54, 1.807) is 13.2 Å². The van der Waals surface area contributed by atoms with E-state index in [1.807, 2.05) is 6.07 Å². The Morgan fingerprint density at radius 1 is 0.732 bits per heavy atom. The van der Waals surface area contributed by atoms with Crippen molar-refractivity contribution in [2.75, 3.05) is 20.3 Å². The molecular weight excluding hydrogens is 516 g/mol. The number of hydrogen-bond donors (Lipinski definition) is 0. The first-order valence-electron chi connectivity index (χ1n) is 16.5. The van der Waals surface area contributed by atoms with Gasteiger partial charge in [0.2, 0.25) is 0 Å². The molecular formula is C36H54F2NO2+. The van der Waals surface area contributed by atoms with Crippen molar-refractivity contribution >= 4 is 5.71 Å². The number of ether oxygens (including phenoxy) is 2. The van der Waals surface area contributed by atoms with Crippen LogP contribution in [-0.4, -0.2) is 30.5 Å². The second-order valence-electron chi connectivity index (χ2n) is 11.7. The molecule has 0 unspecified atom stereocenters. The quantitative estimate of drug-likeness (QED) is 0.110. The van der Waals surface area contributed by atoms with Crippen molar-refractivity contribution in [1.29, 1.82) is 0 Å². The van der Waals surface area contributed by atoms with Crippen LogP contribution >= 0.6 is 0 Å². The van der Waals surface area contributed by atoms with Gasteiger partial charge in [-0.05, 0) is 43.2 Å². The van der Waals surface area contributed by atoms with Gasteiger partial charge in [0.15, 0.2) is 35.4 Å². The van der Waals surface area contributed by atoms with Crippen LogP contribution in [-0.2, 0) is 13.0 Å². The second kappa shape index (κ2) is 18.9. The van der Waals surface area contributed by atoms with Gasteiger partial charge in [0.05, 0.1) is 13.7 Å². The summed E-state index contributed by atoms with van der Waals surface area (Å²) in [5.74, 6) is 0.105. The van der Waals surface area contributed by atoms with Crippen LogP contribution in [0.25, 0.3) is 0 Å². The number of hydrogen-bond acceptors (Lipinski definition) is 2. The molecule has 0 bridgehead atoms. The van der Waals surface area contributed by atoms with Crippen LogP contribution in [0.2, 0.25) is 0 Å². The molecule has 0 atom stereocenters. The minimum atomic E-state index is -0.795. The molecule has 3 rings (SSSR count). The molecule has 0 saturated carbocycles. The molecule has 0 aromatic heterocycles. The smallest absolute Gasteiger partial charge is 0.184 e. The fourth-order valence-electron chi connectivity index (χ4n) is 5.98. The van der Waals surface area contributed by atoms with Crippen molar-refractivity contribution in [3.8, 4) is 11.5 Å². The molecule has 5 heteroatoms. The minimum Gasteiger partial charge on any atom is -0.493 e. The predicted octanol–water partition coefficient (Wildman–Crippen LogP) is 10.2. The molecule has 41 heavy (non-hydrogen) atoms. The van der Waals surface area contributed by atoms with Crippen molar-refractivity contribution in [3.63, 3.8) is 0 Å². The average Bonchev–Trinajstić information content (AvgIpc) is 2.98. The molecule has 1 aliphatic heterocycles. The highest BCUT2D eigenvalue weighted by atomic mass is 19.2. The number of halogens is 2. The Hall–Kier alpha value is -2.43. The number of nitrogens with zero attached hydrogens (tertiary/aromatic N) is 1. The highest BCUT2D eigenvalue weighted by Crippen LogP contribution is 2.37. The zero-order chi connectivity index (χ0) is 29.3. The van der Waals surface area contributed by atoms with Crippen LogP contribution in [0.5, 0.6) is 11.5 Å². The first kappa shape index (κ1) is 33.1. The fourth-order valence-corrected chi connectivity index (χ4v) is 5.98. The van der Waals surface area contributed by atoms with Crippen LogP contribution in [0.4, 0.5) is 8.78 Å². The summed E-state index contributed by atoms with van der Waals surface area (Å²) in [4.78, 5) is 0. The number of rotatable bonds is 21. The van der Waals surface area contributed by atoms with Crippen molar-refractivity contribution in [3.05, 3.63) is 58.7 Å². The molecule has 3 nitrogen and oxygen atoms in total. The SMILES string of the molecule is CCCCCCCCCCCC1=[N+](Cc2ccc(F)c(F)c2)CCc2c1ccc(OC)c2OCCCCCCCC. The lowest BCUT2D eigenvalue weighted by Crippen LogP contribution is -2.30. The van der Waals surface area contributed by atoms with Gasteiger partial charge in [0.1, 0.15) is 6.54 Å². The number of benzene rings is 2. The second-order valence-corrected chi connectivity index (χ2v) is 11.7. The highest BCUT2D eigenvalue weighted by Gasteiger charge is 2.30. The maximum atomic E-state index is 14.0. The topological polar surface area (TPSA) is 21.5 Å². The van der Waals surface area contributed by atoms with Crippen molar-refractivity contribution < 1.29 is 22.8 Å². The van der Waals surface area contributed by atoms with Crippen LogP contribution in [0.1, 0.15) is 133 Å². The number of methoxy groups -OCH3 is 1. The van der Waals surface area contributed by atoms with E-state index in [0.29, 0.717) is 13.2 Å². The Bertz CT molecular complexity index is 1080. The van der Waals surface area contributed by atoms with E-state index in [9.17, 15) is 8.78 Å². The van der Waals surface area contributed by atoms with Gasteiger partial charge in [0.25, 0.3) is 0 Å². The summed E-state index contributed by atoms with van der Waals surface area (Å²) < 4.78 is 42.2. The standard InChI is InChI=1S/C36H54F2NO2/c1-4-6-8-10-12-13-14-15-17-19-34-30-21-23-35(40-3)36(41-26-18-16-11-9-7-5-2)31(30)24-25-39(34)28-29-20-22-32(37)33(38)27-29/h20-23,27H,4-19,24-26,28H2,1-3H3/q+1. The monoisotopic (exact) mass is 570 g/mol. The van der Waals surface area contributed by atoms with E-state index in [1.165, 1.54) is 112 Å². The summed E-state index contributed by atoms with van der Waals surface area (Å²) in [5.41, 5.74) is 4.52. The molecule has 2 aromatic rings. The maximum Gasteiger partial charge on any atom is 0.184 e. The lowest BCUT2D eigenvalue weighted by molar-refractivity contribution is -0.545. The van der Waals surface area contributed by atoms with Gasteiger partial charge in [-0.2, -0.15) is 0 Å². The zero-order valence-electron chi connectivity index (χ0n) is 26.0. The summed E-state index contributed by atoms with van der Waals surface area (Å²) >= 11 is 0. The largest absolute Gasteiger partial charge is 0.493 e. The lowest BCUT2D eigenvalue weighted by Gasteiger charge is -2.23. The average molecular weight is 571 g/mol. The fraction of sp³-hybridized carbons (Fsp3) is 0.639. The van der Waals surface area contributed by atoms with Crippen LogP contribution < -0.4 is 9.47 Å². The highest BCUT2D eigenvalue weighted by molar-refractivity contribution is 5.99. The lowest BCUT2D eigenvalue weighted by atomic mass is 9.91. The Balaban J connectivity index is 1.74. The van der Waals surface area contributed by atoms with Gasteiger partial charge in [-0.15, -0.1) is 0 Å². The molecule has 0 amide bonds. The van der Waals surface area contributed by atoms with Gasteiger partial charge >= 0.3 is 0 Å². The Kier molecular flexibility index (Phi) is 15.2. The molecule has 228 valence electrons. The molecule has 0 saturated heterocycles. The normalized spacial score (nSPS) is 13.0. The van der Waals surface area contributed by atoms with Crippen molar-refractivity contribution in [1.82, 2.24) is 0 Å². The number of unbranched alkanes of at least 4 members (excludes halogenated alkanes) is 13. The molecule has 0 radical (unpaired) electrons. The van der Waals surface area contributed by atoms with Gasteiger partial charge in [-0.3, -0.25) is 0 Å².